The van der Waals surface area contributed by atoms with Crippen molar-refractivity contribution in [1.29, 1.82) is 0 Å². The molecule has 0 N–H and O–H groups in total. The summed E-state index contributed by atoms with van der Waals surface area (Å²) in [4.78, 5) is 12.9. The Hall–Kier alpha value is -3.24. The normalized spacial score (nSPS) is 16.7. The molecule has 5 rings (SSSR count). The molecule has 33 heavy (non-hydrogen) atoms. The van der Waals surface area contributed by atoms with E-state index in [9.17, 15) is 0 Å². The average Bonchev–Trinajstić information content (AvgIpc) is 3.28. The number of likely N-dealkylation sites (tertiary alicyclic amines) is 1. The second-order valence-corrected chi connectivity index (χ2v) is 9.88. The summed E-state index contributed by atoms with van der Waals surface area (Å²) >= 11 is 1.67. The van der Waals surface area contributed by atoms with Crippen LogP contribution >= 0.6 is 11.3 Å². The standard InChI is InChI=1S/C29H29N3S/c1-21-15-17-24(18-16-21)27(32-19-9-10-22(2)20-32)31-29-26(23-11-5-3-6-12-23)30-28(33-29)25-13-7-4-8-14-25/h3-8,11-18,22H,9-10,19-20H2,1-2H3/t22-/m1/s1. The SMILES string of the molecule is Cc1ccc(C(=Nc2sc(-c3ccccc3)nc2-c2ccccc2)N2CCC[C@@H](C)C2)cc1. The maximum Gasteiger partial charge on any atom is 0.146 e. The zero-order valence-electron chi connectivity index (χ0n) is 19.2. The number of amidine groups is 1. The molecule has 4 aromatic rings. The van der Waals surface area contributed by atoms with Gasteiger partial charge >= 0.3 is 0 Å². The van der Waals surface area contributed by atoms with E-state index in [0.717, 1.165) is 45.8 Å². The molecule has 0 amide bonds. The van der Waals surface area contributed by atoms with Gasteiger partial charge in [-0.1, -0.05) is 109 Å². The lowest BCUT2D eigenvalue weighted by atomic mass is 9.99. The van der Waals surface area contributed by atoms with Crippen LogP contribution in [0.1, 0.15) is 30.9 Å². The van der Waals surface area contributed by atoms with E-state index in [4.69, 9.17) is 9.98 Å². The Morgan fingerprint density at radius 1 is 0.909 bits per heavy atom. The van der Waals surface area contributed by atoms with Gasteiger partial charge in [0.15, 0.2) is 0 Å². The van der Waals surface area contributed by atoms with Crippen molar-refractivity contribution >= 4 is 22.2 Å². The maximum absolute atomic E-state index is 5.34. The molecule has 4 heteroatoms. The summed E-state index contributed by atoms with van der Waals surface area (Å²) in [6.45, 7) is 6.56. The van der Waals surface area contributed by atoms with Gasteiger partial charge in [0.25, 0.3) is 0 Å². The number of aromatic nitrogens is 1. The molecule has 0 spiro atoms. The zero-order chi connectivity index (χ0) is 22.6. The Bertz CT molecular complexity index is 1230. The molecule has 1 aliphatic heterocycles. The van der Waals surface area contributed by atoms with E-state index in [1.807, 2.05) is 12.1 Å². The van der Waals surface area contributed by atoms with Crippen LogP contribution in [-0.4, -0.2) is 28.8 Å². The minimum Gasteiger partial charge on any atom is -0.356 e. The van der Waals surface area contributed by atoms with Crippen LogP contribution in [0.25, 0.3) is 21.8 Å². The molecular formula is C29H29N3S. The van der Waals surface area contributed by atoms with E-state index in [0.29, 0.717) is 5.92 Å². The van der Waals surface area contributed by atoms with Crippen LogP contribution < -0.4 is 0 Å². The van der Waals surface area contributed by atoms with Crippen LogP contribution in [0, 0.1) is 12.8 Å². The predicted molar refractivity (Wildman–Crippen MR) is 140 cm³/mol. The summed E-state index contributed by atoms with van der Waals surface area (Å²) in [5.74, 6) is 1.73. The van der Waals surface area contributed by atoms with Gasteiger partial charge < -0.3 is 4.90 Å². The van der Waals surface area contributed by atoms with Crippen molar-refractivity contribution in [2.75, 3.05) is 13.1 Å². The number of hydrogen-bond donors (Lipinski definition) is 0. The first kappa shape index (κ1) is 21.6. The van der Waals surface area contributed by atoms with Gasteiger partial charge in [-0.15, -0.1) is 0 Å². The molecule has 166 valence electrons. The summed E-state index contributed by atoms with van der Waals surface area (Å²) in [5, 5.41) is 1.97. The van der Waals surface area contributed by atoms with Crippen molar-refractivity contribution in [2.24, 2.45) is 10.9 Å². The number of hydrogen-bond acceptors (Lipinski definition) is 3. The molecule has 1 aromatic heterocycles. The Morgan fingerprint density at radius 2 is 1.58 bits per heavy atom. The van der Waals surface area contributed by atoms with E-state index in [1.54, 1.807) is 11.3 Å². The lowest BCUT2D eigenvalue weighted by Crippen LogP contribution is -2.39. The highest BCUT2D eigenvalue weighted by Crippen LogP contribution is 2.40. The second-order valence-electron chi connectivity index (χ2n) is 8.90. The van der Waals surface area contributed by atoms with Gasteiger partial charge in [0.05, 0.1) is 0 Å². The van der Waals surface area contributed by atoms with E-state index in [2.05, 4.69) is 91.5 Å². The third-order valence-corrected chi connectivity index (χ3v) is 7.15. The fraction of sp³-hybridized carbons (Fsp3) is 0.241. The molecule has 0 bridgehead atoms. The highest BCUT2D eigenvalue weighted by atomic mass is 32.1. The number of benzene rings is 3. The van der Waals surface area contributed by atoms with Gasteiger partial charge in [0.2, 0.25) is 0 Å². The Labute approximate surface area is 200 Å². The second kappa shape index (κ2) is 9.72. The van der Waals surface area contributed by atoms with Crippen LogP contribution in [0.3, 0.4) is 0 Å². The van der Waals surface area contributed by atoms with Gasteiger partial charge in [-0.05, 0) is 25.7 Å². The maximum atomic E-state index is 5.34. The first-order chi connectivity index (χ1) is 16.2. The van der Waals surface area contributed by atoms with Crippen LogP contribution in [0.5, 0.6) is 0 Å². The first-order valence-electron chi connectivity index (χ1n) is 11.7. The molecule has 0 radical (unpaired) electrons. The number of aliphatic imine (C=N–C) groups is 1. The summed E-state index contributed by atoms with van der Waals surface area (Å²) < 4.78 is 0. The molecule has 1 aliphatic rings. The monoisotopic (exact) mass is 451 g/mol. The van der Waals surface area contributed by atoms with Crippen LogP contribution in [0.4, 0.5) is 5.00 Å². The summed E-state index contributed by atoms with van der Waals surface area (Å²) in [6.07, 6.45) is 2.49. The predicted octanol–water partition coefficient (Wildman–Crippen LogP) is 7.60. The smallest absolute Gasteiger partial charge is 0.146 e. The lowest BCUT2D eigenvalue weighted by molar-refractivity contribution is 0.274. The third kappa shape index (κ3) is 4.91. The summed E-state index contributed by atoms with van der Waals surface area (Å²) in [7, 11) is 0. The highest BCUT2D eigenvalue weighted by Gasteiger charge is 2.23. The van der Waals surface area contributed by atoms with Gasteiger partial charge in [0.1, 0.15) is 21.5 Å². The largest absolute Gasteiger partial charge is 0.356 e. The molecule has 0 unspecified atom stereocenters. The third-order valence-electron chi connectivity index (χ3n) is 6.15. The lowest BCUT2D eigenvalue weighted by Gasteiger charge is -2.33. The Morgan fingerprint density at radius 3 is 2.24 bits per heavy atom. The number of rotatable bonds is 4. The van der Waals surface area contributed by atoms with Crippen LogP contribution in [-0.2, 0) is 0 Å². The topological polar surface area (TPSA) is 28.5 Å². The van der Waals surface area contributed by atoms with Crippen molar-refractivity contribution in [3.63, 3.8) is 0 Å². The molecule has 3 nitrogen and oxygen atoms in total. The van der Waals surface area contributed by atoms with Gasteiger partial charge in [-0.2, -0.15) is 0 Å². The Kier molecular flexibility index (Phi) is 6.36. The minimum atomic E-state index is 0.671. The summed E-state index contributed by atoms with van der Waals surface area (Å²) in [6, 6.07) is 29.6. The van der Waals surface area contributed by atoms with Crippen molar-refractivity contribution in [1.82, 2.24) is 9.88 Å². The molecule has 0 saturated carbocycles. The molecular weight excluding hydrogens is 422 g/mol. The molecule has 3 aromatic carbocycles. The van der Waals surface area contributed by atoms with Gasteiger partial charge in [-0.3, -0.25) is 0 Å². The fourth-order valence-electron chi connectivity index (χ4n) is 4.37. The first-order valence-corrected chi connectivity index (χ1v) is 12.5. The van der Waals surface area contributed by atoms with E-state index in [-0.39, 0.29) is 0 Å². The summed E-state index contributed by atoms with van der Waals surface area (Å²) in [5.41, 5.74) is 5.62. The number of aryl methyl sites for hydroxylation is 1. The molecule has 0 aliphatic carbocycles. The molecule has 2 heterocycles. The van der Waals surface area contributed by atoms with Crippen LogP contribution in [0.15, 0.2) is 89.9 Å². The number of nitrogens with zero attached hydrogens (tertiary/aromatic N) is 3. The minimum absolute atomic E-state index is 0.671. The van der Waals surface area contributed by atoms with Crippen molar-refractivity contribution < 1.29 is 0 Å². The van der Waals surface area contributed by atoms with E-state index >= 15 is 0 Å². The average molecular weight is 452 g/mol. The quantitative estimate of drug-likeness (QED) is 0.236. The molecule has 1 fully saturated rings. The van der Waals surface area contributed by atoms with E-state index < -0.39 is 0 Å². The van der Waals surface area contributed by atoms with Crippen LogP contribution in [0.2, 0.25) is 0 Å². The molecule has 1 atom stereocenters. The van der Waals surface area contributed by atoms with Crippen molar-refractivity contribution in [2.45, 2.75) is 26.7 Å². The van der Waals surface area contributed by atoms with Crippen molar-refractivity contribution in [3.05, 3.63) is 96.1 Å². The number of thiazole rings is 1. The highest BCUT2D eigenvalue weighted by molar-refractivity contribution is 7.19. The fourth-order valence-corrected chi connectivity index (χ4v) is 5.34. The van der Waals surface area contributed by atoms with Gasteiger partial charge in [0, 0.05) is 29.8 Å². The Balaban J connectivity index is 1.66. The van der Waals surface area contributed by atoms with E-state index in [1.165, 1.54) is 24.0 Å². The zero-order valence-corrected chi connectivity index (χ0v) is 20.1. The van der Waals surface area contributed by atoms with Crippen molar-refractivity contribution in [3.8, 4) is 21.8 Å². The number of piperidine rings is 1. The van der Waals surface area contributed by atoms with Gasteiger partial charge in [-0.25, -0.2) is 9.98 Å². The molecule has 1 saturated heterocycles.